The molecule has 0 amide bonds. The zero-order chi connectivity index (χ0) is 14.7. The van der Waals surface area contributed by atoms with Crippen molar-refractivity contribution in [1.29, 1.82) is 0 Å². The summed E-state index contributed by atoms with van der Waals surface area (Å²) in [6.45, 7) is 5.66. The number of hydrogen-bond acceptors (Lipinski definition) is 6. The number of morpholine rings is 1. The van der Waals surface area contributed by atoms with Crippen LogP contribution in [0.3, 0.4) is 0 Å². The summed E-state index contributed by atoms with van der Waals surface area (Å²) in [5, 5.41) is 14.1. The van der Waals surface area contributed by atoms with Gasteiger partial charge in [-0.05, 0) is 25.3 Å². The van der Waals surface area contributed by atoms with E-state index < -0.39 is 0 Å². The highest BCUT2D eigenvalue weighted by Gasteiger charge is 2.28. The first-order valence-corrected chi connectivity index (χ1v) is 8.10. The molecule has 2 aliphatic rings. The molecule has 6 nitrogen and oxygen atoms in total. The average Bonchev–Trinajstić information content (AvgIpc) is 2.98. The summed E-state index contributed by atoms with van der Waals surface area (Å²) >= 11 is 0. The summed E-state index contributed by atoms with van der Waals surface area (Å²) in [7, 11) is 0. The molecule has 1 N–H and O–H groups in total. The molecule has 2 fully saturated rings. The first-order chi connectivity index (χ1) is 10.3. The van der Waals surface area contributed by atoms with Crippen LogP contribution in [-0.2, 0) is 11.2 Å². The van der Waals surface area contributed by atoms with Crippen LogP contribution in [0.2, 0.25) is 0 Å². The van der Waals surface area contributed by atoms with Gasteiger partial charge in [0.2, 0.25) is 11.7 Å². The lowest BCUT2D eigenvalue weighted by Crippen LogP contribution is -2.38. The Kier molecular flexibility index (Phi) is 4.87. The highest BCUT2D eigenvalue weighted by molar-refractivity contribution is 4.95. The van der Waals surface area contributed by atoms with Crippen molar-refractivity contribution in [1.82, 2.24) is 15.0 Å². The van der Waals surface area contributed by atoms with E-state index in [-0.39, 0.29) is 18.1 Å². The van der Waals surface area contributed by atoms with Crippen molar-refractivity contribution in [3.63, 3.8) is 0 Å². The number of ether oxygens (including phenoxy) is 1. The average molecular weight is 295 g/mol. The number of hydrogen-bond donors (Lipinski definition) is 1. The number of aliphatic hydroxyl groups excluding tert-OH is 1. The van der Waals surface area contributed by atoms with Gasteiger partial charge >= 0.3 is 0 Å². The molecule has 0 aromatic carbocycles. The van der Waals surface area contributed by atoms with Crippen LogP contribution in [0, 0.1) is 5.92 Å². The van der Waals surface area contributed by atoms with Crippen molar-refractivity contribution >= 4 is 0 Å². The van der Waals surface area contributed by atoms with E-state index in [2.05, 4.69) is 22.0 Å². The summed E-state index contributed by atoms with van der Waals surface area (Å²) < 4.78 is 11.1. The SMILES string of the molecule is CCN1CCOC(c2noc(CC3CCCCC3O)n2)C1. The van der Waals surface area contributed by atoms with E-state index in [1.165, 1.54) is 6.42 Å². The standard InChI is InChI=1S/C15H25N3O3/c1-2-18-7-8-20-13(10-18)15-16-14(21-17-15)9-11-5-3-4-6-12(11)19/h11-13,19H,2-10H2,1H3. The molecule has 6 heteroatoms. The maximum Gasteiger partial charge on any atom is 0.227 e. The van der Waals surface area contributed by atoms with Crippen LogP contribution in [0.15, 0.2) is 4.52 Å². The van der Waals surface area contributed by atoms with Gasteiger partial charge in [-0.15, -0.1) is 0 Å². The molecule has 0 radical (unpaired) electrons. The molecule has 1 aromatic heterocycles. The fourth-order valence-corrected chi connectivity index (χ4v) is 3.28. The first-order valence-electron chi connectivity index (χ1n) is 8.10. The summed E-state index contributed by atoms with van der Waals surface area (Å²) in [6.07, 6.45) is 4.60. The van der Waals surface area contributed by atoms with Gasteiger partial charge in [-0.25, -0.2) is 0 Å². The van der Waals surface area contributed by atoms with Gasteiger partial charge in [0.05, 0.1) is 12.7 Å². The Balaban J connectivity index is 1.60. The fraction of sp³-hybridized carbons (Fsp3) is 0.867. The molecule has 1 saturated heterocycles. The topological polar surface area (TPSA) is 71.6 Å². The third-order valence-corrected chi connectivity index (χ3v) is 4.68. The van der Waals surface area contributed by atoms with E-state index >= 15 is 0 Å². The third kappa shape index (κ3) is 3.62. The van der Waals surface area contributed by atoms with E-state index in [1.807, 2.05) is 0 Å². The zero-order valence-corrected chi connectivity index (χ0v) is 12.7. The Hall–Kier alpha value is -0.980. The minimum atomic E-state index is -0.226. The molecule has 118 valence electrons. The highest BCUT2D eigenvalue weighted by atomic mass is 16.5. The fourth-order valence-electron chi connectivity index (χ4n) is 3.28. The highest BCUT2D eigenvalue weighted by Crippen LogP contribution is 2.27. The van der Waals surface area contributed by atoms with E-state index in [0.717, 1.165) is 38.9 Å². The van der Waals surface area contributed by atoms with Crippen molar-refractivity contribution in [2.45, 2.75) is 51.2 Å². The zero-order valence-electron chi connectivity index (χ0n) is 12.7. The van der Waals surface area contributed by atoms with Gasteiger partial charge in [0.1, 0.15) is 6.10 Å². The Labute approximate surface area is 125 Å². The molecule has 0 bridgehead atoms. The van der Waals surface area contributed by atoms with Crippen LogP contribution in [0.4, 0.5) is 0 Å². The van der Waals surface area contributed by atoms with Crippen LogP contribution < -0.4 is 0 Å². The number of aliphatic hydroxyl groups is 1. The second-order valence-electron chi connectivity index (χ2n) is 6.11. The van der Waals surface area contributed by atoms with Gasteiger partial charge in [-0.1, -0.05) is 24.9 Å². The predicted molar refractivity (Wildman–Crippen MR) is 76.8 cm³/mol. The van der Waals surface area contributed by atoms with Crippen LogP contribution in [0.5, 0.6) is 0 Å². The van der Waals surface area contributed by atoms with Gasteiger partial charge in [0.15, 0.2) is 0 Å². The number of rotatable bonds is 4. The molecule has 21 heavy (non-hydrogen) atoms. The number of aromatic nitrogens is 2. The Morgan fingerprint density at radius 2 is 2.19 bits per heavy atom. The molecule has 2 heterocycles. The van der Waals surface area contributed by atoms with Crippen LogP contribution in [0.25, 0.3) is 0 Å². The molecular formula is C15H25N3O3. The van der Waals surface area contributed by atoms with Crippen molar-refractivity contribution < 1.29 is 14.4 Å². The molecule has 0 spiro atoms. The summed E-state index contributed by atoms with van der Waals surface area (Å²) in [4.78, 5) is 6.82. The van der Waals surface area contributed by atoms with Gasteiger partial charge in [-0.2, -0.15) is 4.98 Å². The minimum Gasteiger partial charge on any atom is -0.393 e. The van der Waals surface area contributed by atoms with E-state index in [9.17, 15) is 5.11 Å². The summed E-state index contributed by atoms with van der Waals surface area (Å²) in [5.41, 5.74) is 0. The monoisotopic (exact) mass is 295 g/mol. The normalized spacial score (nSPS) is 31.4. The third-order valence-electron chi connectivity index (χ3n) is 4.68. The molecule has 1 saturated carbocycles. The first kappa shape index (κ1) is 14.9. The second-order valence-corrected chi connectivity index (χ2v) is 6.11. The molecule has 1 aliphatic carbocycles. The van der Waals surface area contributed by atoms with Crippen molar-refractivity contribution in [2.75, 3.05) is 26.2 Å². The summed E-state index contributed by atoms with van der Waals surface area (Å²) in [5.74, 6) is 1.54. The van der Waals surface area contributed by atoms with Crippen LogP contribution >= 0.6 is 0 Å². The quantitative estimate of drug-likeness (QED) is 0.909. The molecule has 3 atom stereocenters. The number of likely N-dealkylation sites (N-methyl/N-ethyl adjacent to an activating group) is 1. The maximum atomic E-state index is 10.0. The molecule has 1 aliphatic heterocycles. The van der Waals surface area contributed by atoms with Crippen molar-refractivity contribution in [3.8, 4) is 0 Å². The van der Waals surface area contributed by atoms with Crippen molar-refractivity contribution in [3.05, 3.63) is 11.7 Å². The molecule has 3 rings (SSSR count). The number of nitrogens with zero attached hydrogens (tertiary/aromatic N) is 3. The Bertz CT molecular complexity index is 451. The lowest BCUT2D eigenvalue weighted by Gasteiger charge is -2.30. The van der Waals surface area contributed by atoms with Gasteiger partial charge in [0.25, 0.3) is 0 Å². The van der Waals surface area contributed by atoms with Gasteiger partial charge < -0.3 is 14.4 Å². The van der Waals surface area contributed by atoms with Crippen LogP contribution in [0.1, 0.15) is 50.4 Å². The van der Waals surface area contributed by atoms with Gasteiger partial charge in [-0.3, -0.25) is 4.90 Å². The smallest absolute Gasteiger partial charge is 0.227 e. The predicted octanol–water partition coefficient (Wildman–Crippen LogP) is 1.56. The Morgan fingerprint density at radius 3 is 3.00 bits per heavy atom. The molecule has 1 aromatic rings. The van der Waals surface area contributed by atoms with Gasteiger partial charge in [0, 0.05) is 19.5 Å². The summed E-state index contributed by atoms with van der Waals surface area (Å²) in [6, 6.07) is 0. The van der Waals surface area contributed by atoms with E-state index in [0.29, 0.717) is 24.7 Å². The minimum absolute atomic E-state index is 0.0903. The second kappa shape index (κ2) is 6.85. The molecular weight excluding hydrogens is 270 g/mol. The Morgan fingerprint density at radius 1 is 1.33 bits per heavy atom. The van der Waals surface area contributed by atoms with Crippen LogP contribution in [-0.4, -0.2) is 52.5 Å². The van der Waals surface area contributed by atoms with Crippen molar-refractivity contribution in [2.24, 2.45) is 5.92 Å². The lowest BCUT2D eigenvalue weighted by molar-refractivity contribution is -0.0334. The maximum absolute atomic E-state index is 10.0. The van der Waals surface area contributed by atoms with E-state index in [1.54, 1.807) is 0 Å². The largest absolute Gasteiger partial charge is 0.393 e. The lowest BCUT2D eigenvalue weighted by atomic mass is 9.84. The molecule has 3 unspecified atom stereocenters. The van der Waals surface area contributed by atoms with E-state index in [4.69, 9.17) is 9.26 Å².